The highest BCUT2D eigenvalue weighted by Crippen LogP contribution is 2.24. The molecule has 2 aromatic heterocycles. The molecule has 150 valence electrons. The van der Waals surface area contributed by atoms with Crippen LogP contribution >= 0.6 is 0 Å². The van der Waals surface area contributed by atoms with Crippen molar-refractivity contribution in [2.24, 2.45) is 0 Å². The van der Waals surface area contributed by atoms with Gasteiger partial charge in [-0.2, -0.15) is 0 Å². The van der Waals surface area contributed by atoms with E-state index in [4.69, 9.17) is 4.98 Å². The smallest absolute Gasteiger partial charge is 0.258 e. The van der Waals surface area contributed by atoms with Gasteiger partial charge >= 0.3 is 0 Å². The van der Waals surface area contributed by atoms with Crippen LogP contribution < -0.4 is 10.2 Å². The fourth-order valence-corrected chi connectivity index (χ4v) is 3.40. The Morgan fingerprint density at radius 3 is 2.47 bits per heavy atom. The molecule has 0 unspecified atom stereocenters. The van der Waals surface area contributed by atoms with E-state index in [9.17, 15) is 4.79 Å². The van der Waals surface area contributed by atoms with Gasteiger partial charge in [-0.3, -0.25) is 14.8 Å². The van der Waals surface area contributed by atoms with Gasteiger partial charge in [-0.25, -0.2) is 0 Å². The lowest BCUT2D eigenvalue weighted by Gasteiger charge is -2.18. The molecule has 4 aromatic rings. The van der Waals surface area contributed by atoms with Gasteiger partial charge in [-0.15, -0.1) is 0 Å². The van der Waals surface area contributed by atoms with Crippen molar-refractivity contribution >= 4 is 28.2 Å². The fraction of sp³-hybridized carbons (Fsp3) is 0.160. The summed E-state index contributed by atoms with van der Waals surface area (Å²) >= 11 is 0. The molecule has 1 N–H and O–H groups in total. The number of aryl methyl sites for hydroxylation is 1. The van der Waals surface area contributed by atoms with Crippen LogP contribution in [0.2, 0.25) is 0 Å². The number of aromatic nitrogens is 2. The summed E-state index contributed by atoms with van der Waals surface area (Å²) in [7, 11) is 1.78. The van der Waals surface area contributed by atoms with E-state index in [1.807, 2.05) is 42.5 Å². The maximum absolute atomic E-state index is 12.6. The highest BCUT2D eigenvalue weighted by molar-refractivity contribution is 6.05. The fourth-order valence-electron chi connectivity index (χ4n) is 3.40. The van der Waals surface area contributed by atoms with E-state index in [1.54, 1.807) is 36.5 Å². The Hall–Kier alpha value is -3.73. The van der Waals surface area contributed by atoms with Gasteiger partial charge in [0.05, 0.1) is 5.52 Å². The van der Waals surface area contributed by atoms with E-state index in [1.165, 1.54) is 0 Å². The number of fused-ring (bicyclic) bond motifs is 1. The number of nitrogens with zero attached hydrogens (tertiary/aromatic N) is 3. The number of para-hydroxylation sites is 1. The molecular formula is C25H24N4O. The zero-order chi connectivity index (χ0) is 20.9. The zero-order valence-electron chi connectivity index (χ0n) is 17.2. The van der Waals surface area contributed by atoms with Crippen LogP contribution in [-0.2, 0) is 13.0 Å². The van der Waals surface area contributed by atoms with E-state index < -0.39 is 0 Å². The Bertz CT molecular complexity index is 1160. The number of anilines is 2. The number of nitrogens with one attached hydrogen (secondary N) is 1. The Labute approximate surface area is 176 Å². The molecule has 0 bridgehead atoms. The van der Waals surface area contributed by atoms with Gasteiger partial charge < -0.3 is 10.2 Å². The minimum absolute atomic E-state index is 0.0568. The summed E-state index contributed by atoms with van der Waals surface area (Å²) in [6, 6.07) is 21.8. The van der Waals surface area contributed by atoms with Gasteiger partial charge in [0.25, 0.3) is 5.91 Å². The molecule has 0 spiro atoms. The average Bonchev–Trinajstić information content (AvgIpc) is 2.82. The minimum atomic E-state index is -0.0568. The highest BCUT2D eigenvalue weighted by Gasteiger charge is 2.13. The molecule has 5 heteroatoms. The molecule has 30 heavy (non-hydrogen) atoms. The summed E-state index contributed by atoms with van der Waals surface area (Å²) in [5.74, 6) is -0.0568. The first kappa shape index (κ1) is 19.6. The van der Waals surface area contributed by atoms with Gasteiger partial charge in [-0.1, -0.05) is 37.3 Å². The van der Waals surface area contributed by atoms with Crippen molar-refractivity contribution in [1.29, 1.82) is 0 Å². The SMILES string of the molecule is CCc1cc(NCc2ccc(N(C)C(=O)c3ccncc3)cc2)c2ccccc2n1. The van der Waals surface area contributed by atoms with E-state index in [0.717, 1.165) is 40.0 Å². The second-order valence-electron chi connectivity index (χ2n) is 7.15. The Morgan fingerprint density at radius 1 is 1.00 bits per heavy atom. The van der Waals surface area contributed by atoms with Crippen LogP contribution in [0.4, 0.5) is 11.4 Å². The molecule has 0 aliphatic carbocycles. The van der Waals surface area contributed by atoms with E-state index in [2.05, 4.69) is 29.4 Å². The predicted octanol–water partition coefficient (Wildman–Crippen LogP) is 5.08. The van der Waals surface area contributed by atoms with Crippen LogP contribution in [0.3, 0.4) is 0 Å². The van der Waals surface area contributed by atoms with Crippen LogP contribution in [0.15, 0.2) is 79.1 Å². The van der Waals surface area contributed by atoms with Crippen LogP contribution in [0.25, 0.3) is 10.9 Å². The number of carbonyl (C=O) groups excluding carboxylic acids is 1. The first-order valence-electron chi connectivity index (χ1n) is 10.1. The molecule has 0 fully saturated rings. The lowest BCUT2D eigenvalue weighted by Crippen LogP contribution is -2.26. The van der Waals surface area contributed by atoms with Crippen molar-refractivity contribution < 1.29 is 4.79 Å². The van der Waals surface area contributed by atoms with Crippen molar-refractivity contribution in [2.75, 3.05) is 17.3 Å². The molecule has 0 saturated carbocycles. The standard InChI is InChI=1S/C25H24N4O/c1-3-20-16-24(22-6-4-5-7-23(22)28-20)27-17-18-8-10-21(11-9-18)29(2)25(30)19-12-14-26-15-13-19/h4-16H,3,17H2,1-2H3,(H,27,28). The van der Waals surface area contributed by atoms with E-state index in [-0.39, 0.29) is 5.91 Å². The van der Waals surface area contributed by atoms with Crippen LogP contribution in [-0.4, -0.2) is 22.9 Å². The number of benzene rings is 2. The second-order valence-corrected chi connectivity index (χ2v) is 7.15. The quantitative estimate of drug-likeness (QED) is 0.494. The van der Waals surface area contributed by atoms with E-state index >= 15 is 0 Å². The third-order valence-electron chi connectivity index (χ3n) is 5.17. The summed E-state index contributed by atoms with van der Waals surface area (Å²) in [6.07, 6.45) is 4.15. The third kappa shape index (κ3) is 4.15. The maximum atomic E-state index is 12.6. The van der Waals surface area contributed by atoms with Crippen LogP contribution in [0, 0.1) is 0 Å². The topological polar surface area (TPSA) is 58.1 Å². The van der Waals surface area contributed by atoms with Crippen LogP contribution in [0.1, 0.15) is 28.5 Å². The summed E-state index contributed by atoms with van der Waals surface area (Å²) < 4.78 is 0. The van der Waals surface area contributed by atoms with Crippen molar-refractivity contribution in [3.8, 4) is 0 Å². The molecule has 0 aliphatic heterocycles. The maximum Gasteiger partial charge on any atom is 0.258 e. The van der Waals surface area contributed by atoms with Crippen molar-refractivity contribution in [3.63, 3.8) is 0 Å². The molecule has 0 atom stereocenters. The molecule has 0 radical (unpaired) electrons. The summed E-state index contributed by atoms with van der Waals surface area (Å²) in [4.78, 5) is 22.9. The molecule has 0 saturated heterocycles. The van der Waals surface area contributed by atoms with Gasteiger partial charge in [0.1, 0.15) is 0 Å². The molecule has 1 amide bonds. The molecule has 5 nitrogen and oxygen atoms in total. The first-order chi connectivity index (χ1) is 14.7. The largest absolute Gasteiger partial charge is 0.380 e. The average molecular weight is 396 g/mol. The lowest BCUT2D eigenvalue weighted by molar-refractivity contribution is 0.0993. The summed E-state index contributed by atoms with van der Waals surface area (Å²) in [5, 5.41) is 4.67. The third-order valence-corrected chi connectivity index (χ3v) is 5.17. The van der Waals surface area contributed by atoms with E-state index in [0.29, 0.717) is 12.1 Å². The minimum Gasteiger partial charge on any atom is -0.380 e. The first-order valence-corrected chi connectivity index (χ1v) is 10.1. The van der Waals surface area contributed by atoms with Gasteiger partial charge in [0.2, 0.25) is 0 Å². The van der Waals surface area contributed by atoms with Crippen molar-refractivity contribution in [1.82, 2.24) is 9.97 Å². The lowest BCUT2D eigenvalue weighted by atomic mass is 10.1. The number of rotatable bonds is 6. The molecule has 2 aromatic carbocycles. The number of hydrogen-bond donors (Lipinski definition) is 1. The van der Waals surface area contributed by atoms with Gasteiger partial charge in [0, 0.05) is 54.0 Å². The summed E-state index contributed by atoms with van der Waals surface area (Å²) in [5.41, 5.74) is 5.78. The molecular weight excluding hydrogens is 372 g/mol. The van der Waals surface area contributed by atoms with Gasteiger partial charge in [0.15, 0.2) is 0 Å². The second kappa shape index (κ2) is 8.74. The molecule has 4 rings (SSSR count). The van der Waals surface area contributed by atoms with Gasteiger partial charge in [-0.05, 0) is 48.4 Å². The highest BCUT2D eigenvalue weighted by atomic mass is 16.2. The zero-order valence-corrected chi connectivity index (χ0v) is 17.2. The van der Waals surface area contributed by atoms with Crippen LogP contribution in [0.5, 0.6) is 0 Å². The summed E-state index contributed by atoms with van der Waals surface area (Å²) in [6.45, 7) is 2.81. The number of amides is 1. The number of pyridine rings is 2. The predicted molar refractivity (Wildman–Crippen MR) is 122 cm³/mol. The van der Waals surface area contributed by atoms with Crippen molar-refractivity contribution in [2.45, 2.75) is 19.9 Å². The Balaban J connectivity index is 1.48. The molecule has 2 heterocycles. The number of carbonyl (C=O) groups is 1. The monoisotopic (exact) mass is 396 g/mol. The Kier molecular flexibility index (Phi) is 5.70. The normalized spacial score (nSPS) is 10.7. The Morgan fingerprint density at radius 2 is 1.73 bits per heavy atom. The number of hydrogen-bond acceptors (Lipinski definition) is 4. The molecule has 0 aliphatic rings. The van der Waals surface area contributed by atoms with Crippen molar-refractivity contribution in [3.05, 3.63) is 95.9 Å².